The molecule has 6 heteroatoms. The standard InChI is InChI=1S/C19H34N4O.ClH/c1-6-11-22(17-7-9-20-10-8-17)19(24)12-18-15(4)21-23(16(18)5)13-14(2)3;/h14,17,20H,6-13H2,1-5H3;1H. The van der Waals surface area contributed by atoms with Crippen LogP contribution in [-0.4, -0.2) is 46.3 Å². The Hall–Kier alpha value is -1.07. The molecule has 144 valence electrons. The maximum Gasteiger partial charge on any atom is 0.227 e. The van der Waals surface area contributed by atoms with Gasteiger partial charge in [-0.15, -0.1) is 12.4 Å². The van der Waals surface area contributed by atoms with Crippen molar-refractivity contribution < 1.29 is 4.79 Å². The van der Waals surface area contributed by atoms with Crippen molar-refractivity contribution in [3.05, 3.63) is 17.0 Å². The number of hydrogen-bond donors (Lipinski definition) is 1. The van der Waals surface area contributed by atoms with E-state index in [2.05, 4.69) is 47.7 Å². The largest absolute Gasteiger partial charge is 0.339 e. The molecule has 0 bridgehead atoms. The molecule has 0 radical (unpaired) electrons. The first-order chi connectivity index (χ1) is 11.4. The van der Waals surface area contributed by atoms with Gasteiger partial charge in [0.1, 0.15) is 0 Å². The van der Waals surface area contributed by atoms with Crippen molar-refractivity contribution in [2.45, 2.75) is 72.9 Å². The number of carbonyl (C=O) groups is 1. The zero-order valence-corrected chi connectivity index (χ0v) is 17.3. The van der Waals surface area contributed by atoms with Gasteiger partial charge in [-0.1, -0.05) is 20.8 Å². The van der Waals surface area contributed by atoms with Crippen LogP contribution in [0.2, 0.25) is 0 Å². The van der Waals surface area contributed by atoms with E-state index in [0.29, 0.717) is 18.4 Å². The highest BCUT2D eigenvalue weighted by atomic mass is 35.5. The van der Waals surface area contributed by atoms with Gasteiger partial charge in [0.05, 0.1) is 12.1 Å². The molecule has 5 nitrogen and oxygen atoms in total. The summed E-state index contributed by atoms with van der Waals surface area (Å²) < 4.78 is 2.07. The number of nitrogens with one attached hydrogen (secondary N) is 1. The van der Waals surface area contributed by atoms with E-state index in [9.17, 15) is 4.79 Å². The number of halogens is 1. The number of nitrogens with zero attached hydrogens (tertiary/aromatic N) is 3. The van der Waals surface area contributed by atoms with E-state index in [-0.39, 0.29) is 18.3 Å². The Morgan fingerprint density at radius 1 is 1.32 bits per heavy atom. The molecular formula is C19H35ClN4O. The van der Waals surface area contributed by atoms with Crippen LogP contribution in [0, 0.1) is 19.8 Å². The van der Waals surface area contributed by atoms with E-state index in [1.165, 1.54) is 0 Å². The number of aryl methyl sites for hydroxylation is 1. The highest BCUT2D eigenvalue weighted by Crippen LogP contribution is 2.19. The summed E-state index contributed by atoms with van der Waals surface area (Å²) in [6.07, 6.45) is 3.63. The summed E-state index contributed by atoms with van der Waals surface area (Å²) in [6.45, 7) is 14.5. The monoisotopic (exact) mass is 370 g/mol. The summed E-state index contributed by atoms with van der Waals surface area (Å²) >= 11 is 0. The Balaban J connectivity index is 0.00000312. The first-order valence-electron chi connectivity index (χ1n) is 9.47. The predicted molar refractivity (Wildman–Crippen MR) is 105 cm³/mol. The lowest BCUT2D eigenvalue weighted by atomic mass is 10.0. The Labute approximate surface area is 158 Å². The van der Waals surface area contributed by atoms with Gasteiger partial charge in [-0.2, -0.15) is 5.10 Å². The van der Waals surface area contributed by atoms with E-state index < -0.39 is 0 Å². The fourth-order valence-corrected chi connectivity index (χ4v) is 3.64. The molecule has 1 aromatic rings. The topological polar surface area (TPSA) is 50.2 Å². The van der Waals surface area contributed by atoms with E-state index in [1.54, 1.807) is 0 Å². The summed E-state index contributed by atoms with van der Waals surface area (Å²) in [7, 11) is 0. The van der Waals surface area contributed by atoms with E-state index in [0.717, 1.165) is 62.4 Å². The fourth-order valence-electron chi connectivity index (χ4n) is 3.64. The summed E-state index contributed by atoms with van der Waals surface area (Å²) in [4.78, 5) is 15.1. The van der Waals surface area contributed by atoms with Crippen molar-refractivity contribution in [1.82, 2.24) is 20.0 Å². The third-order valence-electron chi connectivity index (χ3n) is 4.93. The minimum Gasteiger partial charge on any atom is -0.339 e. The van der Waals surface area contributed by atoms with Crippen LogP contribution in [0.15, 0.2) is 0 Å². The third kappa shape index (κ3) is 5.71. The van der Waals surface area contributed by atoms with Crippen LogP contribution < -0.4 is 5.32 Å². The molecule has 0 spiro atoms. The van der Waals surface area contributed by atoms with Gasteiger partial charge in [0.25, 0.3) is 0 Å². The molecule has 0 aliphatic carbocycles. The van der Waals surface area contributed by atoms with Crippen molar-refractivity contribution in [1.29, 1.82) is 0 Å². The van der Waals surface area contributed by atoms with Gasteiger partial charge in [0, 0.05) is 30.4 Å². The van der Waals surface area contributed by atoms with Gasteiger partial charge < -0.3 is 10.2 Å². The van der Waals surface area contributed by atoms with Crippen LogP contribution in [0.25, 0.3) is 0 Å². The van der Waals surface area contributed by atoms with Crippen molar-refractivity contribution in [3.8, 4) is 0 Å². The molecule has 1 aliphatic rings. The molecule has 1 amide bonds. The summed E-state index contributed by atoms with van der Waals surface area (Å²) in [5, 5.41) is 8.05. The van der Waals surface area contributed by atoms with Gasteiger partial charge in [0.15, 0.2) is 0 Å². The van der Waals surface area contributed by atoms with Gasteiger partial charge in [-0.25, -0.2) is 0 Å². The van der Waals surface area contributed by atoms with Gasteiger partial charge in [-0.05, 0) is 52.1 Å². The number of hydrogen-bond acceptors (Lipinski definition) is 3. The number of carbonyl (C=O) groups excluding carboxylic acids is 1. The molecule has 1 aromatic heterocycles. The smallest absolute Gasteiger partial charge is 0.227 e. The molecule has 2 heterocycles. The molecule has 1 N–H and O–H groups in total. The third-order valence-corrected chi connectivity index (χ3v) is 4.93. The van der Waals surface area contributed by atoms with E-state index in [1.807, 2.05) is 6.92 Å². The molecule has 0 atom stereocenters. The quantitative estimate of drug-likeness (QED) is 0.802. The van der Waals surface area contributed by atoms with Crippen LogP contribution in [0.3, 0.4) is 0 Å². The molecule has 25 heavy (non-hydrogen) atoms. The van der Waals surface area contributed by atoms with Crippen molar-refractivity contribution >= 4 is 18.3 Å². The van der Waals surface area contributed by atoms with Crippen LogP contribution in [-0.2, 0) is 17.8 Å². The van der Waals surface area contributed by atoms with Crippen LogP contribution in [0.4, 0.5) is 0 Å². The molecular weight excluding hydrogens is 336 g/mol. The second-order valence-electron chi connectivity index (χ2n) is 7.47. The maximum atomic E-state index is 13.0. The number of rotatable bonds is 7. The van der Waals surface area contributed by atoms with Gasteiger partial charge in [-0.3, -0.25) is 9.48 Å². The van der Waals surface area contributed by atoms with Crippen LogP contribution >= 0.6 is 12.4 Å². The fraction of sp³-hybridized carbons (Fsp3) is 0.789. The zero-order valence-electron chi connectivity index (χ0n) is 16.5. The maximum absolute atomic E-state index is 13.0. The average Bonchev–Trinajstić information content (AvgIpc) is 2.80. The molecule has 2 rings (SSSR count). The second-order valence-corrected chi connectivity index (χ2v) is 7.47. The lowest BCUT2D eigenvalue weighted by Crippen LogP contribution is -2.47. The van der Waals surface area contributed by atoms with Crippen molar-refractivity contribution in [3.63, 3.8) is 0 Å². The van der Waals surface area contributed by atoms with Crippen molar-refractivity contribution in [2.75, 3.05) is 19.6 Å². The second kappa shape index (κ2) is 10.2. The van der Waals surface area contributed by atoms with E-state index in [4.69, 9.17) is 0 Å². The van der Waals surface area contributed by atoms with Gasteiger partial charge >= 0.3 is 0 Å². The molecule has 1 aliphatic heterocycles. The highest BCUT2D eigenvalue weighted by Gasteiger charge is 2.26. The predicted octanol–water partition coefficient (Wildman–Crippen LogP) is 3.11. The lowest BCUT2D eigenvalue weighted by molar-refractivity contribution is -0.133. The Kier molecular flexibility index (Phi) is 8.94. The van der Waals surface area contributed by atoms with Crippen LogP contribution in [0.5, 0.6) is 0 Å². The SMILES string of the molecule is CCCN(C(=O)Cc1c(C)nn(CC(C)C)c1C)C1CCNCC1.Cl. The average molecular weight is 371 g/mol. The summed E-state index contributed by atoms with van der Waals surface area (Å²) in [5.74, 6) is 0.817. The van der Waals surface area contributed by atoms with Gasteiger partial charge in [0.2, 0.25) is 5.91 Å². The minimum absolute atomic E-state index is 0. The molecule has 0 saturated carbocycles. The Morgan fingerprint density at radius 2 is 1.96 bits per heavy atom. The number of amides is 1. The van der Waals surface area contributed by atoms with Crippen molar-refractivity contribution in [2.24, 2.45) is 5.92 Å². The molecule has 1 saturated heterocycles. The molecule has 0 aromatic carbocycles. The van der Waals surface area contributed by atoms with E-state index >= 15 is 0 Å². The first kappa shape index (κ1) is 22.0. The molecule has 1 fully saturated rings. The highest BCUT2D eigenvalue weighted by molar-refractivity contribution is 5.85. The van der Waals surface area contributed by atoms with Crippen LogP contribution in [0.1, 0.15) is 57.0 Å². The Bertz CT molecular complexity index is 550. The summed E-state index contributed by atoms with van der Waals surface area (Å²) in [5.41, 5.74) is 3.27. The minimum atomic E-state index is 0. The normalized spacial score (nSPS) is 15.3. The first-order valence-corrected chi connectivity index (χ1v) is 9.47. The number of piperidine rings is 1. The zero-order chi connectivity index (χ0) is 17.7. The Morgan fingerprint density at radius 3 is 2.52 bits per heavy atom. The lowest BCUT2D eigenvalue weighted by Gasteiger charge is -2.34. The number of aromatic nitrogens is 2. The molecule has 0 unspecified atom stereocenters. The summed E-state index contributed by atoms with van der Waals surface area (Å²) in [6, 6.07) is 0.394.